The number of carbonyl (C=O) groups is 1. The number of amides is 1. The van der Waals surface area contributed by atoms with Gasteiger partial charge in [-0.1, -0.05) is 20.3 Å². The molecule has 0 radical (unpaired) electrons. The Hall–Kier alpha value is -1.58. The topological polar surface area (TPSA) is 45.2 Å². The van der Waals surface area contributed by atoms with Gasteiger partial charge in [0.2, 0.25) is 0 Å². The number of aryl methyl sites for hydroxylation is 1. The minimum Gasteiger partial charge on any atom is -0.370 e. The van der Waals surface area contributed by atoms with E-state index < -0.39 is 0 Å². The molecule has 1 amide bonds. The highest BCUT2D eigenvalue weighted by Gasteiger charge is 2.20. The number of nitrogens with zero attached hydrogens (tertiary/aromatic N) is 2. The maximum atomic E-state index is 12.8. The average molecular weight is 291 g/mol. The highest BCUT2D eigenvalue weighted by atomic mass is 16.2. The highest BCUT2D eigenvalue weighted by Crippen LogP contribution is 2.16. The highest BCUT2D eigenvalue weighted by molar-refractivity contribution is 5.95. The normalized spacial score (nSPS) is 12.0. The Balaban J connectivity index is 3.11. The average Bonchev–Trinajstić information content (AvgIpc) is 2.48. The van der Waals surface area contributed by atoms with Gasteiger partial charge < -0.3 is 10.2 Å². The number of nitrogens with one attached hydrogen (secondary N) is 1. The monoisotopic (exact) mass is 291 g/mol. The third kappa shape index (κ3) is 4.73. The second kappa shape index (κ2) is 8.65. The van der Waals surface area contributed by atoms with Crippen molar-refractivity contribution in [2.24, 2.45) is 0 Å². The number of anilines is 1. The lowest BCUT2D eigenvalue weighted by atomic mass is 10.1. The van der Waals surface area contributed by atoms with Crippen molar-refractivity contribution >= 4 is 11.7 Å². The van der Waals surface area contributed by atoms with Crippen molar-refractivity contribution in [1.29, 1.82) is 0 Å². The van der Waals surface area contributed by atoms with Gasteiger partial charge in [0, 0.05) is 30.4 Å². The Labute approximate surface area is 129 Å². The fourth-order valence-electron chi connectivity index (χ4n) is 2.41. The summed E-state index contributed by atoms with van der Waals surface area (Å²) in [7, 11) is 0. The van der Waals surface area contributed by atoms with E-state index in [1.165, 1.54) is 0 Å². The van der Waals surface area contributed by atoms with Gasteiger partial charge in [0.25, 0.3) is 5.91 Å². The van der Waals surface area contributed by atoms with E-state index in [0.29, 0.717) is 0 Å². The molecule has 1 unspecified atom stereocenters. The van der Waals surface area contributed by atoms with Crippen LogP contribution in [0.1, 0.15) is 63.5 Å². The van der Waals surface area contributed by atoms with Crippen LogP contribution in [0.2, 0.25) is 0 Å². The molecule has 0 spiro atoms. The van der Waals surface area contributed by atoms with Crippen molar-refractivity contribution < 1.29 is 4.79 Å². The van der Waals surface area contributed by atoms with Gasteiger partial charge in [-0.3, -0.25) is 4.79 Å². The first kappa shape index (κ1) is 17.5. The molecular weight excluding hydrogens is 262 g/mol. The molecule has 1 rings (SSSR count). The SMILES string of the molecule is CCCc1cc(C(=O)N(CC)C(C)CC)cc(NCC)n1. The Morgan fingerprint density at radius 2 is 2.00 bits per heavy atom. The number of aromatic nitrogens is 1. The third-order valence-corrected chi connectivity index (χ3v) is 3.71. The summed E-state index contributed by atoms with van der Waals surface area (Å²) in [6.07, 6.45) is 2.89. The standard InChI is InChI=1S/C17H29N3O/c1-6-10-15-11-14(12-16(19-15)18-8-3)17(21)20(9-4)13(5)7-2/h11-13H,6-10H2,1-5H3,(H,18,19). The summed E-state index contributed by atoms with van der Waals surface area (Å²) in [5, 5.41) is 3.22. The first-order chi connectivity index (χ1) is 10.1. The van der Waals surface area contributed by atoms with Gasteiger partial charge in [-0.05, 0) is 45.7 Å². The van der Waals surface area contributed by atoms with Gasteiger partial charge in [0.05, 0.1) is 0 Å². The number of hydrogen-bond acceptors (Lipinski definition) is 3. The summed E-state index contributed by atoms with van der Waals surface area (Å²) < 4.78 is 0. The lowest BCUT2D eigenvalue weighted by molar-refractivity contribution is 0.0699. The van der Waals surface area contributed by atoms with Gasteiger partial charge in [0.15, 0.2) is 0 Å². The van der Waals surface area contributed by atoms with Crippen LogP contribution in [0.5, 0.6) is 0 Å². The van der Waals surface area contributed by atoms with Crippen molar-refractivity contribution in [3.05, 3.63) is 23.4 Å². The Bertz CT molecular complexity index is 435. The molecule has 0 aliphatic rings. The van der Waals surface area contributed by atoms with Crippen LogP contribution in [0, 0.1) is 0 Å². The lowest BCUT2D eigenvalue weighted by Crippen LogP contribution is -2.38. The van der Waals surface area contributed by atoms with Crippen LogP contribution in [0.15, 0.2) is 12.1 Å². The van der Waals surface area contributed by atoms with E-state index in [9.17, 15) is 4.79 Å². The maximum Gasteiger partial charge on any atom is 0.254 e. The van der Waals surface area contributed by atoms with E-state index in [-0.39, 0.29) is 11.9 Å². The van der Waals surface area contributed by atoms with Crippen LogP contribution in [0.3, 0.4) is 0 Å². The molecule has 1 N–H and O–H groups in total. The summed E-state index contributed by atoms with van der Waals surface area (Å²) in [5.41, 5.74) is 1.73. The molecule has 4 nitrogen and oxygen atoms in total. The van der Waals surface area contributed by atoms with Crippen molar-refractivity contribution in [3.63, 3.8) is 0 Å². The van der Waals surface area contributed by atoms with E-state index in [4.69, 9.17) is 0 Å². The molecule has 1 aromatic rings. The molecule has 0 saturated heterocycles. The molecule has 0 bridgehead atoms. The zero-order valence-corrected chi connectivity index (χ0v) is 14.1. The first-order valence-electron chi connectivity index (χ1n) is 8.13. The smallest absolute Gasteiger partial charge is 0.254 e. The summed E-state index contributed by atoms with van der Waals surface area (Å²) in [5.74, 6) is 0.901. The summed E-state index contributed by atoms with van der Waals surface area (Å²) >= 11 is 0. The second-order valence-electron chi connectivity index (χ2n) is 5.36. The van der Waals surface area contributed by atoms with Gasteiger partial charge in [0.1, 0.15) is 5.82 Å². The third-order valence-electron chi connectivity index (χ3n) is 3.71. The van der Waals surface area contributed by atoms with E-state index in [2.05, 4.69) is 31.1 Å². The molecule has 1 atom stereocenters. The van der Waals surface area contributed by atoms with Gasteiger partial charge in [-0.15, -0.1) is 0 Å². The van der Waals surface area contributed by atoms with Crippen LogP contribution < -0.4 is 5.32 Å². The molecule has 4 heteroatoms. The van der Waals surface area contributed by atoms with E-state index in [0.717, 1.165) is 49.4 Å². The molecule has 118 valence electrons. The predicted octanol–water partition coefficient (Wildman–Crippen LogP) is 3.73. The molecule has 0 aromatic carbocycles. The van der Waals surface area contributed by atoms with E-state index in [1.807, 2.05) is 30.9 Å². The maximum absolute atomic E-state index is 12.8. The molecule has 0 aliphatic carbocycles. The number of carbonyl (C=O) groups excluding carboxylic acids is 1. The number of rotatable bonds is 8. The zero-order chi connectivity index (χ0) is 15.8. The molecule has 0 fully saturated rings. The second-order valence-corrected chi connectivity index (χ2v) is 5.36. The Morgan fingerprint density at radius 3 is 2.52 bits per heavy atom. The summed E-state index contributed by atoms with van der Waals surface area (Å²) in [6.45, 7) is 11.9. The Kier molecular flexibility index (Phi) is 7.20. The van der Waals surface area contributed by atoms with Gasteiger partial charge >= 0.3 is 0 Å². The predicted molar refractivity (Wildman–Crippen MR) is 88.9 cm³/mol. The largest absolute Gasteiger partial charge is 0.370 e. The molecule has 0 aliphatic heterocycles. The van der Waals surface area contributed by atoms with Crippen molar-refractivity contribution in [3.8, 4) is 0 Å². The van der Waals surface area contributed by atoms with Gasteiger partial charge in [-0.25, -0.2) is 4.98 Å². The number of pyridine rings is 1. The van der Waals surface area contributed by atoms with Crippen LogP contribution in [0.25, 0.3) is 0 Å². The molecular formula is C17H29N3O. The van der Waals surface area contributed by atoms with E-state index in [1.54, 1.807) is 0 Å². The van der Waals surface area contributed by atoms with Crippen LogP contribution in [-0.4, -0.2) is 34.9 Å². The fourth-order valence-corrected chi connectivity index (χ4v) is 2.41. The first-order valence-corrected chi connectivity index (χ1v) is 8.13. The van der Waals surface area contributed by atoms with E-state index >= 15 is 0 Å². The summed E-state index contributed by atoms with van der Waals surface area (Å²) in [4.78, 5) is 19.3. The lowest BCUT2D eigenvalue weighted by Gasteiger charge is -2.27. The zero-order valence-electron chi connectivity index (χ0n) is 14.1. The van der Waals surface area contributed by atoms with Crippen molar-refractivity contribution in [2.45, 2.75) is 59.9 Å². The van der Waals surface area contributed by atoms with Crippen molar-refractivity contribution in [1.82, 2.24) is 9.88 Å². The Morgan fingerprint density at radius 1 is 1.29 bits per heavy atom. The molecule has 21 heavy (non-hydrogen) atoms. The van der Waals surface area contributed by atoms with Crippen molar-refractivity contribution in [2.75, 3.05) is 18.4 Å². The quantitative estimate of drug-likeness (QED) is 0.794. The summed E-state index contributed by atoms with van der Waals surface area (Å²) in [6, 6.07) is 4.07. The van der Waals surface area contributed by atoms with Crippen LogP contribution in [-0.2, 0) is 6.42 Å². The van der Waals surface area contributed by atoms with Gasteiger partial charge in [-0.2, -0.15) is 0 Å². The molecule has 1 aromatic heterocycles. The molecule has 1 heterocycles. The minimum absolute atomic E-state index is 0.103. The minimum atomic E-state index is 0.103. The molecule has 0 saturated carbocycles. The number of hydrogen-bond donors (Lipinski definition) is 1. The van der Waals surface area contributed by atoms with Crippen LogP contribution in [0.4, 0.5) is 5.82 Å². The fraction of sp³-hybridized carbons (Fsp3) is 0.647. The van der Waals surface area contributed by atoms with Crippen LogP contribution >= 0.6 is 0 Å².